The van der Waals surface area contributed by atoms with Crippen LogP contribution in [0, 0.1) is 6.92 Å². The molecule has 0 saturated carbocycles. The van der Waals surface area contributed by atoms with Gasteiger partial charge in [0.2, 0.25) is 0 Å². The minimum Gasteiger partial charge on any atom is -0.455 e. The first-order valence-corrected chi connectivity index (χ1v) is 17.2. The molecule has 0 aliphatic carbocycles. The molecule has 1 fully saturated rings. The molecule has 254 valence electrons. The zero-order valence-electron chi connectivity index (χ0n) is 27.1. The number of rotatable bonds is 13. The quantitative estimate of drug-likeness (QED) is 0.113. The third-order valence-corrected chi connectivity index (χ3v) is 9.65. The van der Waals surface area contributed by atoms with E-state index in [0.29, 0.717) is 10.8 Å². The first-order chi connectivity index (χ1) is 23.6. The summed E-state index contributed by atoms with van der Waals surface area (Å²) in [5.41, 5.74) is 0.478. The van der Waals surface area contributed by atoms with Gasteiger partial charge in [0.25, 0.3) is 15.7 Å². The number of aryl methyl sites for hydroxylation is 1. The van der Waals surface area contributed by atoms with Crippen LogP contribution in [0.3, 0.4) is 0 Å². The summed E-state index contributed by atoms with van der Waals surface area (Å²) >= 11 is 0. The lowest BCUT2D eigenvalue weighted by molar-refractivity contribution is -0.171. The Labute approximate surface area is 284 Å². The van der Waals surface area contributed by atoms with Gasteiger partial charge in [-0.15, -0.1) is 0 Å². The van der Waals surface area contributed by atoms with Crippen molar-refractivity contribution in [2.75, 3.05) is 13.2 Å². The Morgan fingerprint density at radius 3 is 2.12 bits per heavy atom. The van der Waals surface area contributed by atoms with Crippen molar-refractivity contribution < 1.29 is 36.3 Å². The second kappa shape index (κ2) is 14.9. The van der Waals surface area contributed by atoms with Crippen molar-refractivity contribution in [1.82, 2.24) is 4.57 Å². The maximum absolute atomic E-state index is 13.9. The summed E-state index contributed by atoms with van der Waals surface area (Å²) in [6.45, 7) is 2.49. The predicted molar refractivity (Wildman–Crippen MR) is 182 cm³/mol. The Hall–Kier alpha value is -4.65. The number of esters is 1. The first kappa shape index (κ1) is 34.2. The van der Waals surface area contributed by atoms with Gasteiger partial charge in [0.05, 0.1) is 24.7 Å². The van der Waals surface area contributed by atoms with Crippen molar-refractivity contribution in [1.29, 1.82) is 0 Å². The van der Waals surface area contributed by atoms with Gasteiger partial charge < -0.3 is 18.9 Å². The molecule has 1 aliphatic rings. The minimum atomic E-state index is -4.30. The number of nitrogens with zero attached hydrogens (tertiary/aromatic N) is 1. The van der Waals surface area contributed by atoms with E-state index in [9.17, 15) is 18.0 Å². The molecule has 5 aromatic rings. The van der Waals surface area contributed by atoms with E-state index in [-0.39, 0.29) is 24.7 Å². The van der Waals surface area contributed by atoms with E-state index in [4.69, 9.17) is 23.1 Å². The molecule has 0 bridgehead atoms. The molecule has 0 spiro atoms. The second-order valence-electron chi connectivity index (χ2n) is 12.0. The Kier molecular flexibility index (Phi) is 10.4. The minimum absolute atomic E-state index is 0.0444. The van der Waals surface area contributed by atoms with Crippen LogP contribution in [0.5, 0.6) is 0 Å². The Balaban J connectivity index is 1.44. The molecule has 0 amide bonds. The number of fused-ring (bicyclic) bond motifs is 1. The normalized spacial score (nSPS) is 20.7. The molecule has 0 N–H and O–H groups in total. The van der Waals surface area contributed by atoms with E-state index in [1.807, 2.05) is 79.7 Å². The van der Waals surface area contributed by atoms with E-state index in [1.165, 1.54) is 23.6 Å². The van der Waals surface area contributed by atoms with Crippen LogP contribution in [0.1, 0.15) is 29.8 Å². The topological polar surface area (TPSA) is 119 Å². The average molecular weight is 684 g/mol. The molecule has 6 rings (SSSR count). The third-order valence-electron chi connectivity index (χ3n) is 8.37. The fourth-order valence-electron chi connectivity index (χ4n) is 5.90. The number of aromatic nitrogens is 1. The van der Waals surface area contributed by atoms with Gasteiger partial charge in [-0.1, -0.05) is 96.6 Å². The maximum atomic E-state index is 13.9. The molecule has 1 saturated heterocycles. The average Bonchev–Trinajstić information content (AvgIpc) is 3.39. The largest absolute Gasteiger partial charge is 0.455 e. The molecule has 0 unspecified atom stereocenters. The van der Waals surface area contributed by atoms with Crippen LogP contribution in [0.4, 0.5) is 0 Å². The Morgan fingerprint density at radius 2 is 1.45 bits per heavy atom. The summed E-state index contributed by atoms with van der Waals surface area (Å²) in [6, 6.07) is 33.9. The monoisotopic (exact) mass is 683 g/mol. The highest BCUT2D eigenvalue weighted by Gasteiger charge is 2.60. The van der Waals surface area contributed by atoms with E-state index in [2.05, 4.69) is 0 Å². The number of ether oxygens (including phenoxy) is 4. The van der Waals surface area contributed by atoms with Crippen LogP contribution >= 0.6 is 0 Å². The first-order valence-electron chi connectivity index (χ1n) is 15.8. The fourth-order valence-corrected chi connectivity index (χ4v) is 6.86. The third kappa shape index (κ3) is 7.82. The molecule has 4 atom stereocenters. The van der Waals surface area contributed by atoms with E-state index >= 15 is 0 Å². The summed E-state index contributed by atoms with van der Waals surface area (Å²) in [4.78, 5) is 26.5. The van der Waals surface area contributed by atoms with Gasteiger partial charge in [-0.2, -0.15) is 8.42 Å². The molecule has 4 aromatic carbocycles. The number of benzene rings is 4. The van der Waals surface area contributed by atoms with Crippen molar-refractivity contribution >= 4 is 26.9 Å². The SMILES string of the molecule is CC(=O)O[C@H]1[C@H](n2ccc3ccccc3c2=O)O[C@@](COCc2ccccc2)(COS(=O)(=O)c2ccc(C)cc2)[C@H]1OCc1ccccc1. The summed E-state index contributed by atoms with van der Waals surface area (Å²) in [7, 11) is -4.30. The van der Waals surface area contributed by atoms with Crippen LogP contribution < -0.4 is 5.56 Å². The summed E-state index contributed by atoms with van der Waals surface area (Å²) in [5.74, 6) is -0.644. The van der Waals surface area contributed by atoms with Crippen molar-refractivity contribution in [3.05, 3.63) is 149 Å². The number of hydrogen-bond acceptors (Lipinski definition) is 9. The number of carbonyl (C=O) groups is 1. The lowest BCUT2D eigenvalue weighted by Gasteiger charge is -2.34. The molecule has 1 aliphatic heterocycles. The van der Waals surface area contributed by atoms with Crippen LogP contribution in [-0.2, 0) is 51.3 Å². The summed E-state index contributed by atoms with van der Waals surface area (Å²) in [5, 5.41) is 1.14. The standard InChI is InChI=1S/C38H37NO9S/c1-27-17-19-32(20-18-27)49(42,43)46-26-38(25-44-23-29-11-5-3-6-12-29)35(45-24-30-13-7-4-8-14-30)34(47-28(2)40)37(48-38)39-22-21-31-15-9-10-16-33(31)36(39)41/h3-22,34-35,37H,23-26H2,1-2H3/t34-,35+,37-,38+/m1/s1. The van der Waals surface area contributed by atoms with Crippen molar-refractivity contribution in [3.8, 4) is 0 Å². The lowest BCUT2D eigenvalue weighted by Crippen LogP contribution is -2.53. The van der Waals surface area contributed by atoms with Crippen LogP contribution in [0.15, 0.2) is 131 Å². The van der Waals surface area contributed by atoms with E-state index < -0.39 is 52.3 Å². The predicted octanol–water partition coefficient (Wildman–Crippen LogP) is 5.72. The van der Waals surface area contributed by atoms with Crippen LogP contribution in [-0.4, -0.2) is 50.0 Å². The van der Waals surface area contributed by atoms with Gasteiger partial charge in [-0.3, -0.25) is 18.3 Å². The molecule has 10 nitrogen and oxygen atoms in total. The van der Waals surface area contributed by atoms with Gasteiger partial charge in [0.15, 0.2) is 12.3 Å². The van der Waals surface area contributed by atoms with Crippen molar-refractivity contribution in [2.45, 2.75) is 56.0 Å². The molecule has 11 heteroatoms. The number of hydrogen-bond donors (Lipinski definition) is 0. The van der Waals surface area contributed by atoms with Crippen molar-refractivity contribution in [3.63, 3.8) is 0 Å². The maximum Gasteiger partial charge on any atom is 0.303 e. The highest BCUT2D eigenvalue weighted by atomic mass is 32.2. The Morgan fingerprint density at radius 1 is 0.816 bits per heavy atom. The number of pyridine rings is 1. The van der Waals surface area contributed by atoms with Gasteiger partial charge >= 0.3 is 5.97 Å². The fraction of sp³-hybridized carbons (Fsp3) is 0.263. The molecule has 1 aromatic heterocycles. The zero-order valence-corrected chi connectivity index (χ0v) is 28.0. The highest BCUT2D eigenvalue weighted by Crippen LogP contribution is 2.42. The van der Waals surface area contributed by atoms with Gasteiger partial charge in [0.1, 0.15) is 18.3 Å². The van der Waals surface area contributed by atoms with Crippen LogP contribution in [0.25, 0.3) is 10.8 Å². The van der Waals surface area contributed by atoms with Gasteiger partial charge in [0, 0.05) is 18.5 Å². The van der Waals surface area contributed by atoms with Gasteiger partial charge in [-0.25, -0.2) is 0 Å². The van der Waals surface area contributed by atoms with Gasteiger partial charge in [-0.05, 0) is 47.7 Å². The number of carbonyl (C=O) groups excluding carboxylic acids is 1. The Bertz CT molecular complexity index is 2050. The molecular formula is C38H37NO9S. The smallest absolute Gasteiger partial charge is 0.303 e. The van der Waals surface area contributed by atoms with E-state index in [1.54, 1.807) is 36.5 Å². The van der Waals surface area contributed by atoms with Crippen molar-refractivity contribution in [2.24, 2.45) is 0 Å². The lowest BCUT2D eigenvalue weighted by atomic mass is 9.96. The molecular weight excluding hydrogens is 646 g/mol. The van der Waals surface area contributed by atoms with E-state index in [0.717, 1.165) is 16.7 Å². The molecule has 0 radical (unpaired) electrons. The molecule has 49 heavy (non-hydrogen) atoms. The zero-order chi connectivity index (χ0) is 34.4. The summed E-state index contributed by atoms with van der Waals surface area (Å²) < 4.78 is 59.5. The highest BCUT2D eigenvalue weighted by molar-refractivity contribution is 7.86. The summed E-state index contributed by atoms with van der Waals surface area (Å²) in [6.07, 6.45) is -2.02. The van der Waals surface area contributed by atoms with Crippen LogP contribution in [0.2, 0.25) is 0 Å². The second-order valence-corrected chi connectivity index (χ2v) is 13.6. The molecule has 2 heterocycles.